The molecule has 2 aromatic rings. The van der Waals surface area contributed by atoms with Crippen LogP contribution < -0.4 is 10.5 Å². The fourth-order valence-corrected chi connectivity index (χ4v) is 1.92. The summed E-state index contributed by atoms with van der Waals surface area (Å²) in [6.45, 7) is 0.245. The Labute approximate surface area is 118 Å². The number of rotatable bonds is 4. The largest absolute Gasteiger partial charge is 0.486 e. The van der Waals surface area contributed by atoms with Crippen molar-refractivity contribution in [3.05, 3.63) is 63.6 Å². The van der Waals surface area contributed by atoms with Crippen LogP contribution in [-0.4, -0.2) is 0 Å². The maximum atomic E-state index is 13.7. The molecule has 100 valence electrons. The second kappa shape index (κ2) is 6.12. The lowest BCUT2D eigenvalue weighted by Gasteiger charge is -2.09. The molecule has 2 aromatic carbocycles. The molecule has 2 rings (SSSR count). The highest BCUT2D eigenvalue weighted by molar-refractivity contribution is 9.10. The van der Waals surface area contributed by atoms with Gasteiger partial charge in [-0.25, -0.2) is 8.78 Å². The Bertz CT molecular complexity index is 590. The van der Waals surface area contributed by atoms with Gasteiger partial charge in [0, 0.05) is 16.6 Å². The quantitative estimate of drug-likeness (QED) is 0.927. The predicted octanol–water partition coefficient (Wildman–Crippen LogP) is 3.77. The van der Waals surface area contributed by atoms with E-state index in [1.165, 1.54) is 18.2 Å². The maximum absolute atomic E-state index is 13.7. The molecule has 0 atom stereocenters. The average molecular weight is 328 g/mol. The molecule has 0 aliphatic heterocycles. The molecule has 0 bridgehead atoms. The fraction of sp³-hybridized carbons (Fsp3) is 0.143. The monoisotopic (exact) mass is 327 g/mol. The SMILES string of the molecule is NCc1ccc(COc2ccc(Br)cc2F)c(F)c1. The second-order valence-electron chi connectivity index (χ2n) is 3.99. The minimum absolute atomic E-state index is 0.0325. The van der Waals surface area contributed by atoms with Crippen LogP contribution >= 0.6 is 15.9 Å². The van der Waals surface area contributed by atoms with Crippen molar-refractivity contribution in [3.8, 4) is 5.75 Å². The van der Waals surface area contributed by atoms with Gasteiger partial charge < -0.3 is 10.5 Å². The third-order valence-electron chi connectivity index (χ3n) is 2.63. The van der Waals surface area contributed by atoms with Crippen molar-refractivity contribution < 1.29 is 13.5 Å². The minimum Gasteiger partial charge on any atom is -0.486 e. The van der Waals surface area contributed by atoms with Crippen LogP contribution in [0.15, 0.2) is 40.9 Å². The fourth-order valence-electron chi connectivity index (χ4n) is 1.58. The molecular weight excluding hydrogens is 316 g/mol. The van der Waals surface area contributed by atoms with E-state index in [-0.39, 0.29) is 18.9 Å². The van der Waals surface area contributed by atoms with Crippen LogP contribution in [0.4, 0.5) is 8.78 Å². The summed E-state index contributed by atoms with van der Waals surface area (Å²) in [5, 5.41) is 0. The Kier molecular flexibility index (Phi) is 4.50. The lowest BCUT2D eigenvalue weighted by atomic mass is 10.1. The summed E-state index contributed by atoms with van der Waals surface area (Å²) in [5.74, 6) is -0.806. The van der Waals surface area contributed by atoms with Crippen molar-refractivity contribution in [3.63, 3.8) is 0 Å². The summed E-state index contributed by atoms with van der Waals surface area (Å²) in [6.07, 6.45) is 0. The molecule has 0 aromatic heterocycles. The summed E-state index contributed by atoms with van der Waals surface area (Å²) in [4.78, 5) is 0. The second-order valence-corrected chi connectivity index (χ2v) is 4.91. The van der Waals surface area contributed by atoms with Crippen LogP contribution in [0.25, 0.3) is 0 Å². The molecule has 0 fully saturated rings. The smallest absolute Gasteiger partial charge is 0.166 e. The molecule has 0 heterocycles. The number of nitrogens with two attached hydrogens (primary N) is 1. The Morgan fingerprint density at radius 2 is 1.84 bits per heavy atom. The highest BCUT2D eigenvalue weighted by atomic mass is 79.9. The van der Waals surface area contributed by atoms with Gasteiger partial charge in [-0.05, 0) is 29.8 Å². The number of ether oxygens (including phenoxy) is 1. The van der Waals surface area contributed by atoms with Crippen LogP contribution in [0.2, 0.25) is 0 Å². The lowest BCUT2D eigenvalue weighted by Crippen LogP contribution is -2.02. The predicted molar refractivity (Wildman–Crippen MR) is 72.7 cm³/mol. The van der Waals surface area contributed by atoms with E-state index in [0.717, 1.165) is 0 Å². The molecule has 0 amide bonds. The van der Waals surface area contributed by atoms with Crippen molar-refractivity contribution in [1.29, 1.82) is 0 Å². The van der Waals surface area contributed by atoms with E-state index in [1.807, 2.05) is 0 Å². The highest BCUT2D eigenvalue weighted by Crippen LogP contribution is 2.22. The van der Waals surface area contributed by atoms with Crippen LogP contribution in [0.5, 0.6) is 5.75 Å². The molecule has 0 aliphatic rings. The van der Waals surface area contributed by atoms with Gasteiger partial charge >= 0.3 is 0 Å². The van der Waals surface area contributed by atoms with Gasteiger partial charge in [0.1, 0.15) is 12.4 Å². The van der Waals surface area contributed by atoms with Gasteiger partial charge in [0.05, 0.1) is 0 Å². The third kappa shape index (κ3) is 3.52. The van der Waals surface area contributed by atoms with Crippen LogP contribution in [0.1, 0.15) is 11.1 Å². The zero-order valence-electron chi connectivity index (χ0n) is 10.00. The van der Waals surface area contributed by atoms with E-state index < -0.39 is 11.6 Å². The van der Waals surface area contributed by atoms with Crippen molar-refractivity contribution in [2.45, 2.75) is 13.2 Å². The molecule has 0 aliphatic carbocycles. The maximum Gasteiger partial charge on any atom is 0.166 e. The Morgan fingerprint density at radius 1 is 1.05 bits per heavy atom. The zero-order chi connectivity index (χ0) is 13.8. The Balaban J connectivity index is 2.10. The molecule has 0 unspecified atom stereocenters. The summed E-state index contributed by atoms with van der Waals surface area (Å²) >= 11 is 3.15. The molecule has 0 spiro atoms. The van der Waals surface area contributed by atoms with E-state index in [4.69, 9.17) is 10.5 Å². The number of hydrogen-bond acceptors (Lipinski definition) is 2. The van der Waals surface area contributed by atoms with Crippen LogP contribution in [0.3, 0.4) is 0 Å². The van der Waals surface area contributed by atoms with Gasteiger partial charge in [0.15, 0.2) is 11.6 Å². The summed E-state index contributed by atoms with van der Waals surface area (Å²) < 4.78 is 33.1. The van der Waals surface area contributed by atoms with Crippen molar-refractivity contribution in [2.75, 3.05) is 0 Å². The van der Waals surface area contributed by atoms with Gasteiger partial charge in [-0.1, -0.05) is 28.1 Å². The number of hydrogen-bond donors (Lipinski definition) is 1. The van der Waals surface area contributed by atoms with E-state index in [9.17, 15) is 8.78 Å². The van der Waals surface area contributed by atoms with Gasteiger partial charge in [-0.2, -0.15) is 0 Å². The number of benzene rings is 2. The van der Waals surface area contributed by atoms with Crippen molar-refractivity contribution >= 4 is 15.9 Å². The lowest BCUT2D eigenvalue weighted by molar-refractivity contribution is 0.284. The minimum atomic E-state index is -0.492. The summed E-state index contributed by atoms with van der Waals surface area (Å²) in [5.41, 5.74) is 6.48. The third-order valence-corrected chi connectivity index (χ3v) is 3.12. The molecule has 19 heavy (non-hydrogen) atoms. The number of halogens is 3. The molecule has 0 saturated heterocycles. The molecular formula is C14H12BrF2NO. The normalized spacial score (nSPS) is 10.5. The van der Waals surface area contributed by atoms with E-state index in [0.29, 0.717) is 15.6 Å². The molecule has 0 radical (unpaired) electrons. The first kappa shape index (κ1) is 14.0. The van der Waals surface area contributed by atoms with Crippen LogP contribution in [0, 0.1) is 11.6 Å². The zero-order valence-corrected chi connectivity index (χ0v) is 11.6. The van der Waals surface area contributed by atoms with Crippen molar-refractivity contribution in [2.24, 2.45) is 5.73 Å². The van der Waals surface area contributed by atoms with Gasteiger partial charge in [0.2, 0.25) is 0 Å². The van der Waals surface area contributed by atoms with Crippen molar-refractivity contribution in [1.82, 2.24) is 0 Å². The van der Waals surface area contributed by atoms with Crippen LogP contribution in [-0.2, 0) is 13.2 Å². The Hall–Kier alpha value is -1.46. The Morgan fingerprint density at radius 3 is 2.47 bits per heavy atom. The van der Waals surface area contributed by atoms with Gasteiger partial charge in [0.25, 0.3) is 0 Å². The summed E-state index contributed by atoms with van der Waals surface area (Å²) in [7, 11) is 0. The first-order chi connectivity index (χ1) is 9.10. The molecule has 5 heteroatoms. The topological polar surface area (TPSA) is 35.2 Å². The first-order valence-corrected chi connectivity index (χ1v) is 6.44. The highest BCUT2D eigenvalue weighted by Gasteiger charge is 2.07. The standard InChI is InChI=1S/C14H12BrF2NO/c15-11-3-4-14(13(17)6-11)19-8-10-2-1-9(7-18)5-12(10)16/h1-6H,7-8,18H2. The van der Waals surface area contributed by atoms with Gasteiger partial charge in [-0.15, -0.1) is 0 Å². The first-order valence-electron chi connectivity index (χ1n) is 5.65. The van der Waals surface area contributed by atoms with Gasteiger partial charge in [-0.3, -0.25) is 0 Å². The van der Waals surface area contributed by atoms with E-state index in [2.05, 4.69) is 15.9 Å². The van der Waals surface area contributed by atoms with E-state index in [1.54, 1.807) is 18.2 Å². The van der Waals surface area contributed by atoms with E-state index >= 15 is 0 Å². The molecule has 2 nitrogen and oxygen atoms in total. The molecule has 2 N–H and O–H groups in total. The average Bonchev–Trinajstić information content (AvgIpc) is 2.39. The summed E-state index contributed by atoms with van der Waals surface area (Å²) in [6, 6.07) is 9.12. The molecule has 0 saturated carbocycles.